The van der Waals surface area contributed by atoms with Gasteiger partial charge in [-0.1, -0.05) is 49.5 Å². The largest absolute Gasteiger partial charge is 0.378 e. The summed E-state index contributed by atoms with van der Waals surface area (Å²) in [4.78, 5) is 30.7. The van der Waals surface area contributed by atoms with Crippen molar-refractivity contribution in [1.82, 2.24) is 9.47 Å². The van der Waals surface area contributed by atoms with Crippen LogP contribution in [0.5, 0.6) is 0 Å². The van der Waals surface area contributed by atoms with Crippen LogP contribution in [0.3, 0.4) is 0 Å². The summed E-state index contributed by atoms with van der Waals surface area (Å²) in [5, 5.41) is 9.81. The molecule has 2 aromatic rings. The molecule has 3 heterocycles. The van der Waals surface area contributed by atoms with Crippen molar-refractivity contribution in [3.05, 3.63) is 67.6 Å². The van der Waals surface area contributed by atoms with Crippen LogP contribution in [-0.4, -0.2) is 46.0 Å². The normalized spacial score (nSPS) is 17.2. The van der Waals surface area contributed by atoms with E-state index < -0.39 is 0 Å². The van der Waals surface area contributed by atoms with Gasteiger partial charge in [0.1, 0.15) is 27.6 Å². The summed E-state index contributed by atoms with van der Waals surface area (Å²) in [6, 6.07) is 8.03. The predicted octanol–water partition coefficient (Wildman–Crippen LogP) is 4.21. The summed E-state index contributed by atoms with van der Waals surface area (Å²) >= 11 is 6.68. The highest BCUT2D eigenvalue weighted by Gasteiger charge is 2.33. The Kier molecular flexibility index (Phi) is 8.24. The number of amides is 1. The SMILES string of the molecule is CCCCn1c(N2CCOCC2)c(/C=C2/SC(=S)N(Cc3ccc(F)cc3)C2=O)c(C)c(C#N)c1=O. The van der Waals surface area contributed by atoms with Gasteiger partial charge >= 0.3 is 0 Å². The minimum Gasteiger partial charge on any atom is -0.378 e. The molecule has 7 nitrogen and oxygen atoms in total. The number of morpholine rings is 1. The Morgan fingerprint density at radius 3 is 2.56 bits per heavy atom. The van der Waals surface area contributed by atoms with E-state index in [0.717, 1.165) is 18.4 Å². The molecule has 1 amide bonds. The molecule has 0 aliphatic carbocycles. The first-order valence-corrected chi connectivity index (χ1v) is 13.1. The van der Waals surface area contributed by atoms with Crippen molar-refractivity contribution in [2.75, 3.05) is 31.2 Å². The number of anilines is 1. The maximum absolute atomic E-state index is 13.4. The van der Waals surface area contributed by atoms with Crippen molar-refractivity contribution in [2.24, 2.45) is 0 Å². The van der Waals surface area contributed by atoms with E-state index in [4.69, 9.17) is 17.0 Å². The number of hydrogen-bond acceptors (Lipinski definition) is 7. The van der Waals surface area contributed by atoms with Crippen LogP contribution in [0.25, 0.3) is 6.08 Å². The van der Waals surface area contributed by atoms with Crippen LogP contribution in [0.15, 0.2) is 34.0 Å². The molecule has 1 aromatic heterocycles. The zero-order valence-corrected chi connectivity index (χ0v) is 21.9. The lowest BCUT2D eigenvalue weighted by molar-refractivity contribution is -0.122. The fourth-order valence-corrected chi connectivity index (χ4v) is 5.56. The molecule has 188 valence electrons. The summed E-state index contributed by atoms with van der Waals surface area (Å²) in [6.45, 7) is 6.76. The average Bonchev–Trinajstić information content (AvgIpc) is 3.14. The molecular weight excluding hydrogens is 499 g/mol. The number of halogens is 1. The zero-order valence-electron chi connectivity index (χ0n) is 20.3. The molecule has 0 N–H and O–H groups in total. The van der Waals surface area contributed by atoms with Crippen LogP contribution in [0, 0.1) is 24.1 Å². The number of carbonyl (C=O) groups is 1. The van der Waals surface area contributed by atoms with E-state index in [0.29, 0.717) is 59.0 Å². The second-order valence-corrected chi connectivity index (χ2v) is 10.3. The van der Waals surface area contributed by atoms with Crippen molar-refractivity contribution in [3.8, 4) is 6.07 Å². The Morgan fingerprint density at radius 1 is 1.22 bits per heavy atom. The summed E-state index contributed by atoms with van der Waals surface area (Å²) in [5.41, 5.74) is 1.74. The molecule has 36 heavy (non-hydrogen) atoms. The van der Waals surface area contributed by atoms with Crippen molar-refractivity contribution in [1.29, 1.82) is 5.26 Å². The molecule has 1 aromatic carbocycles. The standard InChI is InChI=1S/C26H27FN4O3S2/c1-3-4-9-30-23(29-10-12-34-13-11-29)20(17(2)21(15-28)24(30)32)14-22-25(33)31(26(35)36-22)16-18-5-7-19(27)8-6-18/h5-8,14H,3-4,9-13,16H2,1-2H3/b22-14+. The van der Waals surface area contributed by atoms with Crippen LogP contribution >= 0.6 is 24.0 Å². The fraction of sp³-hybridized carbons (Fsp3) is 0.385. The van der Waals surface area contributed by atoms with E-state index in [-0.39, 0.29) is 29.4 Å². The number of unbranched alkanes of at least 4 members (excludes halogenated alkanes) is 1. The van der Waals surface area contributed by atoms with Gasteiger partial charge in [0.25, 0.3) is 11.5 Å². The topological polar surface area (TPSA) is 78.6 Å². The molecule has 0 saturated carbocycles. The lowest BCUT2D eigenvalue weighted by Crippen LogP contribution is -2.41. The van der Waals surface area contributed by atoms with E-state index in [1.54, 1.807) is 29.7 Å². The predicted molar refractivity (Wildman–Crippen MR) is 143 cm³/mol. The van der Waals surface area contributed by atoms with E-state index in [1.807, 2.05) is 6.92 Å². The number of hydrogen-bond donors (Lipinski definition) is 0. The maximum Gasteiger partial charge on any atom is 0.270 e. The molecule has 0 radical (unpaired) electrons. The number of thiocarbonyl (C=S) groups is 1. The van der Waals surface area contributed by atoms with Gasteiger partial charge in [-0.25, -0.2) is 4.39 Å². The molecule has 4 rings (SSSR count). The van der Waals surface area contributed by atoms with E-state index in [9.17, 15) is 19.2 Å². The summed E-state index contributed by atoms with van der Waals surface area (Å²) < 4.78 is 20.9. The van der Waals surface area contributed by atoms with E-state index >= 15 is 0 Å². The smallest absolute Gasteiger partial charge is 0.270 e. The van der Waals surface area contributed by atoms with Crippen molar-refractivity contribution >= 4 is 46.1 Å². The second-order valence-electron chi connectivity index (χ2n) is 8.65. The average molecular weight is 527 g/mol. The highest BCUT2D eigenvalue weighted by molar-refractivity contribution is 8.26. The number of nitriles is 1. The molecule has 10 heteroatoms. The molecule has 0 bridgehead atoms. The summed E-state index contributed by atoms with van der Waals surface area (Å²) in [7, 11) is 0. The number of thioether (sulfide) groups is 1. The monoisotopic (exact) mass is 526 g/mol. The Balaban J connectivity index is 1.80. The zero-order chi connectivity index (χ0) is 25.8. The third-order valence-electron chi connectivity index (χ3n) is 6.30. The lowest BCUT2D eigenvalue weighted by atomic mass is 10.0. The van der Waals surface area contributed by atoms with Gasteiger partial charge in [-0.05, 0) is 42.7 Å². The van der Waals surface area contributed by atoms with Gasteiger partial charge in [0, 0.05) is 25.2 Å². The molecule has 2 saturated heterocycles. The number of nitrogens with zero attached hydrogens (tertiary/aromatic N) is 4. The third-order valence-corrected chi connectivity index (χ3v) is 7.67. The van der Waals surface area contributed by atoms with E-state index in [1.165, 1.54) is 28.8 Å². The fourth-order valence-electron chi connectivity index (χ4n) is 4.32. The van der Waals surface area contributed by atoms with Crippen LogP contribution in [-0.2, 0) is 22.6 Å². The van der Waals surface area contributed by atoms with Crippen LogP contribution in [0.2, 0.25) is 0 Å². The Labute approximate surface area is 219 Å². The Bertz CT molecular complexity index is 1310. The van der Waals surface area contributed by atoms with Crippen LogP contribution in [0.1, 0.15) is 42.0 Å². The molecule has 0 spiro atoms. The number of pyridine rings is 1. The van der Waals surface area contributed by atoms with Crippen molar-refractivity contribution in [2.45, 2.75) is 39.8 Å². The highest BCUT2D eigenvalue weighted by Crippen LogP contribution is 2.36. The Morgan fingerprint density at radius 2 is 1.92 bits per heavy atom. The van der Waals surface area contributed by atoms with Gasteiger partial charge in [-0.3, -0.25) is 19.1 Å². The quantitative estimate of drug-likeness (QED) is 0.395. The van der Waals surface area contributed by atoms with Gasteiger partial charge in [-0.15, -0.1) is 0 Å². The number of aromatic nitrogens is 1. The first-order valence-electron chi connectivity index (χ1n) is 11.9. The van der Waals surface area contributed by atoms with Crippen LogP contribution in [0.4, 0.5) is 10.2 Å². The van der Waals surface area contributed by atoms with Gasteiger partial charge in [0.15, 0.2) is 0 Å². The van der Waals surface area contributed by atoms with Crippen molar-refractivity contribution < 1.29 is 13.9 Å². The number of carbonyl (C=O) groups excluding carboxylic acids is 1. The molecule has 2 aliphatic rings. The van der Waals surface area contributed by atoms with Crippen molar-refractivity contribution in [3.63, 3.8) is 0 Å². The first-order chi connectivity index (χ1) is 17.3. The summed E-state index contributed by atoms with van der Waals surface area (Å²) in [6.07, 6.45) is 3.43. The van der Waals surface area contributed by atoms with E-state index in [2.05, 4.69) is 11.0 Å². The number of rotatable bonds is 7. The van der Waals surface area contributed by atoms with Gasteiger partial charge in [-0.2, -0.15) is 5.26 Å². The van der Waals surface area contributed by atoms with Gasteiger partial charge in [0.2, 0.25) is 0 Å². The summed E-state index contributed by atoms with van der Waals surface area (Å²) in [5.74, 6) is 0.102. The van der Waals surface area contributed by atoms with Gasteiger partial charge < -0.3 is 9.64 Å². The second kappa shape index (κ2) is 11.4. The minimum atomic E-state index is -0.346. The molecule has 0 atom stereocenters. The third kappa shape index (κ3) is 5.24. The minimum absolute atomic E-state index is 0.0798. The van der Waals surface area contributed by atoms with Crippen LogP contribution < -0.4 is 10.5 Å². The Hall–Kier alpha value is -3.00. The maximum atomic E-state index is 13.4. The molecular formula is C26H27FN4O3S2. The van der Waals surface area contributed by atoms with Gasteiger partial charge in [0.05, 0.1) is 24.7 Å². The highest BCUT2D eigenvalue weighted by atomic mass is 32.2. The molecule has 2 fully saturated rings. The number of ether oxygens (including phenoxy) is 1. The lowest BCUT2D eigenvalue weighted by Gasteiger charge is -2.33. The molecule has 2 aliphatic heterocycles. The first kappa shape index (κ1) is 26.1. The molecule has 0 unspecified atom stereocenters. The number of benzene rings is 1.